The van der Waals surface area contributed by atoms with Crippen molar-refractivity contribution < 1.29 is 13.2 Å². The predicted molar refractivity (Wildman–Crippen MR) is 81.8 cm³/mol. The van der Waals surface area contributed by atoms with E-state index in [0.717, 1.165) is 15.3 Å². The lowest BCUT2D eigenvalue weighted by molar-refractivity contribution is 0.397. The molecule has 114 valence electrons. The average Bonchev–Trinajstić information content (AvgIpc) is 2.88. The SMILES string of the molecule is COc1ccc(CNS(=O)(=O)c2cc(CN)sc2C)cn1. The second-order valence-electron chi connectivity index (χ2n) is 4.37. The number of thiophene rings is 1. The van der Waals surface area contributed by atoms with E-state index in [-0.39, 0.29) is 11.4 Å². The lowest BCUT2D eigenvalue weighted by Gasteiger charge is -2.06. The summed E-state index contributed by atoms with van der Waals surface area (Å²) in [6, 6.07) is 5.07. The highest BCUT2D eigenvalue weighted by Crippen LogP contribution is 2.25. The third kappa shape index (κ3) is 3.79. The van der Waals surface area contributed by atoms with Gasteiger partial charge in [0.05, 0.1) is 12.0 Å². The van der Waals surface area contributed by atoms with Crippen LogP contribution in [0.15, 0.2) is 29.3 Å². The molecule has 0 amide bonds. The number of nitrogens with zero attached hydrogens (tertiary/aromatic N) is 1. The Balaban J connectivity index is 2.11. The Hall–Kier alpha value is -1.48. The Labute approximate surface area is 128 Å². The number of aryl methyl sites for hydroxylation is 1. The highest BCUT2D eigenvalue weighted by molar-refractivity contribution is 7.89. The highest BCUT2D eigenvalue weighted by Gasteiger charge is 2.19. The first-order chi connectivity index (χ1) is 9.96. The van der Waals surface area contributed by atoms with Crippen LogP contribution in [-0.4, -0.2) is 20.5 Å². The van der Waals surface area contributed by atoms with Crippen LogP contribution >= 0.6 is 11.3 Å². The number of hydrogen-bond donors (Lipinski definition) is 2. The normalized spacial score (nSPS) is 11.6. The molecule has 3 N–H and O–H groups in total. The van der Waals surface area contributed by atoms with Crippen LogP contribution < -0.4 is 15.2 Å². The van der Waals surface area contributed by atoms with Gasteiger partial charge in [-0.1, -0.05) is 6.07 Å². The summed E-state index contributed by atoms with van der Waals surface area (Å²) in [6.45, 7) is 2.28. The number of sulfonamides is 1. The molecule has 0 aliphatic heterocycles. The van der Waals surface area contributed by atoms with E-state index in [2.05, 4.69) is 9.71 Å². The third-order valence-corrected chi connectivity index (χ3v) is 5.62. The highest BCUT2D eigenvalue weighted by atomic mass is 32.2. The van der Waals surface area contributed by atoms with Crippen LogP contribution in [0.4, 0.5) is 0 Å². The van der Waals surface area contributed by atoms with Crippen LogP contribution in [0.3, 0.4) is 0 Å². The molecule has 0 fully saturated rings. The van der Waals surface area contributed by atoms with Crippen LogP contribution in [0, 0.1) is 6.92 Å². The number of nitrogens with two attached hydrogens (primary N) is 1. The molecule has 2 heterocycles. The van der Waals surface area contributed by atoms with E-state index in [1.165, 1.54) is 18.4 Å². The first kappa shape index (κ1) is 15.9. The maximum Gasteiger partial charge on any atom is 0.241 e. The van der Waals surface area contributed by atoms with Gasteiger partial charge in [0, 0.05) is 35.1 Å². The average molecular weight is 327 g/mol. The standard InChI is InChI=1S/C13H17N3O3S2/c1-9-12(5-11(6-14)20-9)21(17,18)16-8-10-3-4-13(19-2)15-7-10/h3-5,7,16H,6,8,14H2,1-2H3. The molecule has 0 aromatic carbocycles. The number of pyridine rings is 1. The molecular weight excluding hydrogens is 310 g/mol. The Morgan fingerprint density at radius 3 is 2.71 bits per heavy atom. The second kappa shape index (κ2) is 6.52. The van der Waals surface area contributed by atoms with E-state index in [1.807, 2.05) is 0 Å². The van der Waals surface area contributed by atoms with Crippen molar-refractivity contribution in [1.82, 2.24) is 9.71 Å². The smallest absolute Gasteiger partial charge is 0.241 e. The predicted octanol–water partition coefficient (Wildman–Crippen LogP) is 1.40. The quantitative estimate of drug-likeness (QED) is 0.836. The van der Waals surface area contributed by atoms with Gasteiger partial charge in [0.1, 0.15) is 0 Å². The van der Waals surface area contributed by atoms with Gasteiger partial charge >= 0.3 is 0 Å². The molecule has 0 atom stereocenters. The van der Waals surface area contributed by atoms with E-state index in [9.17, 15) is 8.42 Å². The number of ether oxygens (including phenoxy) is 1. The molecule has 2 aromatic heterocycles. The van der Waals surface area contributed by atoms with Crippen molar-refractivity contribution in [2.75, 3.05) is 7.11 Å². The van der Waals surface area contributed by atoms with E-state index >= 15 is 0 Å². The molecule has 2 aromatic rings. The molecule has 0 unspecified atom stereocenters. The second-order valence-corrected chi connectivity index (χ2v) is 7.45. The van der Waals surface area contributed by atoms with Gasteiger partial charge in [0.2, 0.25) is 15.9 Å². The van der Waals surface area contributed by atoms with Gasteiger partial charge in [-0.3, -0.25) is 0 Å². The Morgan fingerprint density at radius 2 is 2.19 bits per heavy atom. The van der Waals surface area contributed by atoms with Crippen molar-refractivity contribution in [2.45, 2.75) is 24.9 Å². The van der Waals surface area contributed by atoms with Crippen LogP contribution in [-0.2, 0) is 23.1 Å². The van der Waals surface area contributed by atoms with Gasteiger partial charge < -0.3 is 10.5 Å². The number of nitrogens with one attached hydrogen (secondary N) is 1. The lowest BCUT2D eigenvalue weighted by atomic mass is 10.3. The molecule has 0 spiro atoms. The summed E-state index contributed by atoms with van der Waals surface area (Å²) in [5.74, 6) is 0.489. The summed E-state index contributed by atoms with van der Waals surface area (Å²) in [4.78, 5) is 5.90. The maximum atomic E-state index is 12.3. The molecule has 0 saturated carbocycles. The molecule has 21 heavy (non-hydrogen) atoms. The minimum absolute atomic E-state index is 0.173. The minimum Gasteiger partial charge on any atom is -0.481 e. The molecule has 0 aliphatic carbocycles. The zero-order valence-electron chi connectivity index (χ0n) is 11.8. The molecule has 0 radical (unpaired) electrons. The molecule has 8 heteroatoms. The molecule has 2 rings (SSSR count). The fraction of sp³-hybridized carbons (Fsp3) is 0.308. The number of hydrogen-bond acceptors (Lipinski definition) is 6. The lowest BCUT2D eigenvalue weighted by Crippen LogP contribution is -2.23. The van der Waals surface area contributed by atoms with E-state index < -0.39 is 10.0 Å². The Kier molecular flexibility index (Phi) is 4.94. The summed E-state index contributed by atoms with van der Waals surface area (Å²) in [5.41, 5.74) is 6.30. The van der Waals surface area contributed by atoms with Crippen LogP contribution in [0.25, 0.3) is 0 Å². The first-order valence-corrected chi connectivity index (χ1v) is 8.54. The third-order valence-electron chi connectivity index (χ3n) is 2.89. The van der Waals surface area contributed by atoms with Gasteiger partial charge in [0.15, 0.2) is 0 Å². The molecule has 0 aliphatic rings. The minimum atomic E-state index is -3.55. The van der Waals surface area contributed by atoms with E-state index in [1.54, 1.807) is 31.3 Å². The monoisotopic (exact) mass is 327 g/mol. The van der Waals surface area contributed by atoms with E-state index in [0.29, 0.717) is 12.4 Å². The van der Waals surface area contributed by atoms with Gasteiger partial charge in [-0.05, 0) is 18.6 Å². The first-order valence-electron chi connectivity index (χ1n) is 6.24. The zero-order valence-corrected chi connectivity index (χ0v) is 13.4. The number of aromatic nitrogens is 1. The van der Waals surface area contributed by atoms with Crippen LogP contribution in [0.1, 0.15) is 15.3 Å². The molecule has 0 bridgehead atoms. The van der Waals surface area contributed by atoms with Gasteiger partial charge in [-0.15, -0.1) is 11.3 Å². The van der Waals surface area contributed by atoms with Crippen molar-refractivity contribution in [1.29, 1.82) is 0 Å². The van der Waals surface area contributed by atoms with Crippen molar-refractivity contribution in [3.8, 4) is 5.88 Å². The number of methoxy groups -OCH3 is 1. The molecule has 6 nitrogen and oxygen atoms in total. The Bertz CT molecular complexity index is 709. The molecular formula is C13H17N3O3S2. The summed E-state index contributed by atoms with van der Waals surface area (Å²) in [6.07, 6.45) is 1.58. The topological polar surface area (TPSA) is 94.3 Å². The maximum absolute atomic E-state index is 12.3. The van der Waals surface area contributed by atoms with Crippen molar-refractivity contribution in [3.63, 3.8) is 0 Å². The van der Waals surface area contributed by atoms with Gasteiger partial charge in [-0.2, -0.15) is 0 Å². The van der Waals surface area contributed by atoms with E-state index in [4.69, 9.17) is 10.5 Å². The largest absolute Gasteiger partial charge is 0.481 e. The number of rotatable bonds is 6. The van der Waals surface area contributed by atoms with Crippen molar-refractivity contribution >= 4 is 21.4 Å². The van der Waals surface area contributed by atoms with Gasteiger partial charge in [0.25, 0.3) is 0 Å². The summed E-state index contributed by atoms with van der Waals surface area (Å²) in [7, 11) is -2.02. The van der Waals surface area contributed by atoms with Crippen LogP contribution in [0.5, 0.6) is 5.88 Å². The Morgan fingerprint density at radius 1 is 1.43 bits per heavy atom. The van der Waals surface area contributed by atoms with Crippen molar-refractivity contribution in [2.24, 2.45) is 5.73 Å². The molecule has 0 saturated heterocycles. The zero-order chi connectivity index (χ0) is 15.5. The summed E-state index contributed by atoms with van der Waals surface area (Å²) < 4.78 is 32.1. The van der Waals surface area contributed by atoms with Crippen molar-refractivity contribution in [3.05, 3.63) is 39.7 Å². The fourth-order valence-corrected chi connectivity index (χ4v) is 4.31. The summed E-state index contributed by atoms with van der Waals surface area (Å²) >= 11 is 1.39. The summed E-state index contributed by atoms with van der Waals surface area (Å²) in [5, 5.41) is 0. The fourth-order valence-electron chi connectivity index (χ4n) is 1.78. The van der Waals surface area contributed by atoms with Gasteiger partial charge in [-0.25, -0.2) is 18.1 Å². The van der Waals surface area contributed by atoms with Crippen LogP contribution in [0.2, 0.25) is 0 Å².